The molecule has 1 atom stereocenters. The van der Waals surface area contributed by atoms with E-state index in [0.29, 0.717) is 13.2 Å². The van der Waals surface area contributed by atoms with Crippen molar-refractivity contribution in [2.75, 3.05) is 20.3 Å². The number of carbonyl (C=O) groups excluding carboxylic acids is 1. The lowest BCUT2D eigenvalue weighted by molar-refractivity contribution is -0.127. The van der Waals surface area contributed by atoms with Gasteiger partial charge in [-0.2, -0.15) is 0 Å². The molecule has 0 saturated carbocycles. The predicted molar refractivity (Wildman–Crippen MR) is 83.5 cm³/mol. The highest BCUT2D eigenvalue weighted by Crippen LogP contribution is 2.25. The smallest absolute Gasteiger partial charge is 0.260 e. The summed E-state index contributed by atoms with van der Waals surface area (Å²) in [5.74, 6) is 0.617. The monoisotopic (exact) mass is 287 g/mol. The van der Waals surface area contributed by atoms with Crippen LogP contribution in [0.3, 0.4) is 0 Å². The second-order valence-electron chi connectivity index (χ2n) is 4.87. The molecular weight excluding hydrogens is 266 g/mol. The van der Waals surface area contributed by atoms with E-state index in [9.17, 15) is 4.79 Å². The Kier molecular flexibility index (Phi) is 5.58. The number of benzene rings is 2. The summed E-state index contributed by atoms with van der Waals surface area (Å²) in [7, 11) is 1.65. The summed E-state index contributed by atoms with van der Waals surface area (Å²) in [6.45, 7) is 2.99. The number of methoxy groups -OCH3 is 1. The Morgan fingerprint density at radius 1 is 1.19 bits per heavy atom. The molecule has 4 heteroatoms. The second kappa shape index (κ2) is 7.64. The van der Waals surface area contributed by atoms with Gasteiger partial charge in [-0.1, -0.05) is 36.4 Å². The highest BCUT2D eigenvalue weighted by Gasteiger charge is 2.15. The predicted octanol–water partition coefficient (Wildman–Crippen LogP) is 2.76. The van der Waals surface area contributed by atoms with Crippen LogP contribution in [0.4, 0.5) is 0 Å². The Bertz CT molecular complexity index is 592. The van der Waals surface area contributed by atoms with Gasteiger partial charge in [-0.05, 0) is 24.8 Å². The normalized spacial score (nSPS) is 12.1. The standard InChI is InChI=1S/C17H21NO3/c1-13(17(19)18-11-6-12-20-2)21-16-10-5-8-14-7-3-4-9-15(14)16/h3-5,7-10,13H,6,11-12H2,1-2H3,(H,18,19). The average Bonchev–Trinajstić information content (AvgIpc) is 2.51. The zero-order chi connectivity index (χ0) is 15.1. The third-order valence-electron chi connectivity index (χ3n) is 3.25. The van der Waals surface area contributed by atoms with Crippen molar-refractivity contribution < 1.29 is 14.3 Å². The van der Waals surface area contributed by atoms with Crippen LogP contribution < -0.4 is 10.1 Å². The SMILES string of the molecule is COCCCNC(=O)C(C)Oc1cccc2ccccc12. The molecule has 112 valence electrons. The van der Waals surface area contributed by atoms with Crippen LogP contribution in [0.25, 0.3) is 10.8 Å². The Labute approximate surface area is 125 Å². The quantitative estimate of drug-likeness (QED) is 0.797. The zero-order valence-corrected chi connectivity index (χ0v) is 12.5. The first kappa shape index (κ1) is 15.3. The minimum absolute atomic E-state index is 0.112. The third-order valence-corrected chi connectivity index (χ3v) is 3.25. The Hall–Kier alpha value is -2.07. The van der Waals surface area contributed by atoms with Gasteiger partial charge in [-0.15, -0.1) is 0 Å². The summed E-state index contributed by atoms with van der Waals surface area (Å²) < 4.78 is 10.7. The maximum absolute atomic E-state index is 12.0. The molecule has 0 heterocycles. The summed E-state index contributed by atoms with van der Waals surface area (Å²) in [5.41, 5.74) is 0. The molecule has 1 N–H and O–H groups in total. The number of ether oxygens (including phenoxy) is 2. The molecule has 4 nitrogen and oxygen atoms in total. The number of rotatable bonds is 7. The summed E-state index contributed by atoms with van der Waals surface area (Å²) in [6, 6.07) is 13.8. The van der Waals surface area contributed by atoms with Gasteiger partial charge >= 0.3 is 0 Å². The summed E-state index contributed by atoms with van der Waals surface area (Å²) in [5, 5.41) is 4.95. The van der Waals surface area contributed by atoms with Crippen LogP contribution in [0.15, 0.2) is 42.5 Å². The van der Waals surface area contributed by atoms with Crippen molar-refractivity contribution >= 4 is 16.7 Å². The Morgan fingerprint density at radius 3 is 2.76 bits per heavy atom. The molecule has 0 saturated heterocycles. The molecule has 1 unspecified atom stereocenters. The van der Waals surface area contributed by atoms with Crippen molar-refractivity contribution in [3.8, 4) is 5.75 Å². The maximum Gasteiger partial charge on any atom is 0.260 e. The van der Waals surface area contributed by atoms with Crippen LogP contribution >= 0.6 is 0 Å². The summed E-state index contributed by atoms with van der Waals surface area (Å²) in [6.07, 6.45) is 0.266. The van der Waals surface area contributed by atoms with Gasteiger partial charge in [0.2, 0.25) is 0 Å². The van der Waals surface area contributed by atoms with Crippen molar-refractivity contribution in [1.29, 1.82) is 0 Å². The van der Waals surface area contributed by atoms with Crippen molar-refractivity contribution in [3.05, 3.63) is 42.5 Å². The minimum atomic E-state index is -0.529. The first-order chi connectivity index (χ1) is 10.2. The lowest BCUT2D eigenvalue weighted by Crippen LogP contribution is -2.37. The Balaban J connectivity index is 1.98. The van der Waals surface area contributed by atoms with E-state index in [0.717, 1.165) is 22.9 Å². The topological polar surface area (TPSA) is 47.6 Å². The van der Waals surface area contributed by atoms with Crippen molar-refractivity contribution in [1.82, 2.24) is 5.32 Å². The van der Waals surface area contributed by atoms with E-state index in [-0.39, 0.29) is 5.91 Å². The molecule has 0 radical (unpaired) electrons. The van der Waals surface area contributed by atoms with E-state index in [1.165, 1.54) is 0 Å². The van der Waals surface area contributed by atoms with Crippen molar-refractivity contribution in [3.63, 3.8) is 0 Å². The number of nitrogens with one attached hydrogen (secondary N) is 1. The Morgan fingerprint density at radius 2 is 1.95 bits per heavy atom. The van der Waals surface area contributed by atoms with E-state index < -0.39 is 6.10 Å². The van der Waals surface area contributed by atoms with Crippen LogP contribution in [0.1, 0.15) is 13.3 Å². The van der Waals surface area contributed by atoms with E-state index in [1.54, 1.807) is 14.0 Å². The van der Waals surface area contributed by atoms with Gasteiger partial charge in [0.05, 0.1) is 0 Å². The molecule has 0 fully saturated rings. The summed E-state index contributed by atoms with van der Waals surface area (Å²) in [4.78, 5) is 12.0. The number of hydrogen-bond donors (Lipinski definition) is 1. The fourth-order valence-electron chi connectivity index (χ4n) is 2.11. The summed E-state index contributed by atoms with van der Waals surface area (Å²) >= 11 is 0. The third kappa shape index (κ3) is 4.20. The lowest BCUT2D eigenvalue weighted by Gasteiger charge is -2.16. The average molecular weight is 287 g/mol. The van der Waals surface area contributed by atoms with E-state index in [1.807, 2.05) is 42.5 Å². The van der Waals surface area contributed by atoms with Gasteiger partial charge in [0.15, 0.2) is 6.10 Å². The van der Waals surface area contributed by atoms with Gasteiger partial charge in [-0.3, -0.25) is 4.79 Å². The van der Waals surface area contributed by atoms with Crippen molar-refractivity contribution in [2.45, 2.75) is 19.4 Å². The van der Waals surface area contributed by atoms with Gasteiger partial charge in [0.1, 0.15) is 5.75 Å². The largest absolute Gasteiger partial charge is 0.480 e. The molecule has 0 spiro atoms. The van der Waals surface area contributed by atoms with Crippen LogP contribution in [-0.4, -0.2) is 32.3 Å². The van der Waals surface area contributed by atoms with Gasteiger partial charge < -0.3 is 14.8 Å². The lowest BCUT2D eigenvalue weighted by atomic mass is 10.1. The molecule has 2 aromatic carbocycles. The molecule has 0 aliphatic heterocycles. The maximum atomic E-state index is 12.0. The van der Waals surface area contributed by atoms with Gasteiger partial charge in [0, 0.05) is 25.6 Å². The molecule has 21 heavy (non-hydrogen) atoms. The minimum Gasteiger partial charge on any atom is -0.480 e. The number of amides is 1. The molecule has 0 aliphatic rings. The highest BCUT2D eigenvalue weighted by atomic mass is 16.5. The molecule has 1 amide bonds. The van der Waals surface area contributed by atoms with Crippen LogP contribution in [0.2, 0.25) is 0 Å². The molecule has 2 rings (SSSR count). The van der Waals surface area contributed by atoms with Crippen LogP contribution in [0, 0.1) is 0 Å². The first-order valence-corrected chi connectivity index (χ1v) is 7.13. The first-order valence-electron chi connectivity index (χ1n) is 7.13. The van der Waals surface area contributed by atoms with Crippen LogP contribution in [-0.2, 0) is 9.53 Å². The number of hydrogen-bond acceptors (Lipinski definition) is 3. The second-order valence-corrected chi connectivity index (χ2v) is 4.87. The van der Waals surface area contributed by atoms with Gasteiger partial charge in [0.25, 0.3) is 5.91 Å². The molecule has 0 bridgehead atoms. The fraction of sp³-hybridized carbons (Fsp3) is 0.353. The molecule has 0 aromatic heterocycles. The van der Waals surface area contributed by atoms with E-state index in [4.69, 9.17) is 9.47 Å². The zero-order valence-electron chi connectivity index (χ0n) is 12.5. The van der Waals surface area contributed by atoms with Crippen molar-refractivity contribution in [2.24, 2.45) is 0 Å². The number of fused-ring (bicyclic) bond motifs is 1. The fourth-order valence-corrected chi connectivity index (χ4v) is 2.11. The van der Waals surface area contributed by atoms with Crippen LogP contribution in [0.5, 0.6) is 5.75 Å². The molecular formula is C17H21NO3. The van der Waals surface area contributed by atoms with Gasteiger partial charge in [-0.25, -0.2) is 0 Å². The van der Waals surface area contributed by atoms with E-state index in [2.05, 4.69) is 5.32 Å². The molecule has 2 aromatic rings. The number of carbonyl (C=O) groups is 1. The highest BCUT2D eigenvalue weighted by molar-refractivity contribution is 5.89. The van der Waals surface area contributed by atoms with E-state index >= 15 is 0 Å². The molecule has 0 aliphatic carbocycles.